The number of ether oxygens (including phenoxy) is 2. The number of nitrogens with one attached hydrogen (secondary N) is 2. The number of nitrogens with zero attached hydrogens (tertiary/aromatic N) is 2. The van der Waals surface area contributed by atoms with Gasteiger partial charge in [0.05, 0.1) is 6.33 Å². The van der Waals surface area contributed by atoms with Crippen molar-refractivity contribution >= 4 is 12.1 Å². The Kier molecular flexibility index (Phi) is 6.36. The fourth-order valence-electron chi connectivity index (χ4n) is 2.29. The lowest BCUT2D eigenvalue weighted by Gasteiger charge is -2.20. The molecule has 1 fully saturated rings. The third-order valence-corrected chi connectivity index (χ3v) is 3.87. The van der Waals surface area contributed by atoms with Crippen molar-refractivity contribution in [2.24, 2.45) is 0 Å². The summed E-state index contributed by atoms with van der Waals surface area (Å²) >= 11 is 0. The molecule has 0 radical (unpaired) electrons. The number of carbonyl (C=O) groups excluding carboxylic acids is 1. The summed E-state index contributed by atoms with van der Waals surface area (Å²) in [4.78, 5) is 11.6. The number of amides is 1. The van der Waals surface area contributed by atoms with Gasteiger partial charge in [-0.05, 0) is 57.9 Å². The van der Waals surface area contributed by atoms with Crippen molar-refractivity contribution < 1.29 is 23.1 Å². The van der Waals surface area contributed by atoms with Crippen LogP contribution >= 0.6 is 0 Å². The second-order valence-electron chi connectivity index (χ2n) is 7.77. The van der Waals surface area contributed by atoms with Gasteiger partial charge in [0.2, 0.25) is 5.89 Å². The first-order valence-corrected chi connectivity index (χ1v) is 9.40. The van der Waals surface area contributed by atoms with Crippen LogP contribution in [0.1, 0.15) is 33.6 Å². The zero-order valence-electron chi connectivity index (χ0n) is 16.7. The molecule has 0 unspecified atom stereocenters. The van der Waals surface area contributed by atoms with E-state index in [1.807, 2.05) is 0 Å². The number of carbonyl (C=O) groups is 1. The average Bonchev–Trinajstić information content (AvgIpc) is 3.36. The van der Waals surface area contributed by atoms with Crippen molar-refractivity contribution in [1.82, 2.24) is 15.5 Å². The van der Waals surface area contributed by atoms with E-state index in [0.717, 1.165) is 18.4 Å². The van der Waals surface area contributed by atoms with E-state index in [1.165, 1.54) is 0 Å². The molecule has 1 aliphatic rings. The molecule has 1 aromatic carbocycles. The molecule has 0 bridgehead atoms. The van der Waals surface area contributed by atoms with Crippen LogP contribution in [-0.2, 0) is 4.74 Å². The van der Waals surface area contributed by atoms with Crippen molar-refractivity contribution in [3.8, 4) is 17.2 Å². The van der Waals surface area contributed by atoms with Gasteiger partial charge in [-0.1, -0.05) is 5.10 Å². The molecule has 3 rings (SSSR count). The van der Waals surface area contributed by atoms with Crippen LogP contribution in [0.2, 0.25) is 0 Å². The summed E-state index contributed by atoms with van der Waals surface area (Å²) in [6, 6.07) is 7.86. The van der Waals surface area contributed by atoms with Gasteiger partial charge in [-0.3, -0.25) is 0 Å². The van der Waals surface area contributed by atoms with Crippen LogP contribution in [-0.4, -0.2) is 41.1 Å². The predicted octanol–water partition coefficient (Wildman–Crippen LogP) is 4.07. The van der Waals surface area contributed by atoms with Crippen LogP contribution in [0.3, 0.4) is 0 Å². The number of hydrogen-bond donors (Lipinski definition) is 2. The molecular formula is C20H25FN4O4. The van der Waals surface area contributed by atoms with E-state index in [4.69, 9.17) is 13.9 Å². The highest BCUT2D eigenvalue weighted by Crippen LogP contribution is 2.27. The molecule has 29 heavy (non-hydrogen) atoms. The van der Waals surface area contributed by atoms with Gasteiger partial charge in [0.25, 0.3) is 0 Å². The molecule has 0 spiro atoms. The van der Waals surface area contributed by atoms with Crippen molar-refractivity contribution in [1.29, 1.82) is 0 Å². The van der Waals surface area contributed by atoms with Gasteiger partial charge >= 0.3 is 12.1 Å². The van der Waals surface area contributed by atoms with Gasteiger partial charge < -0.3 is 24.5 Å². The smallest absolute Gasteiger partial charge is 0.407 e. The summed E-state index contributed by atoms with van der Waals surface area (Å²) in [7, 11) is 0. The van der Waals surface area contributed by atoms with E-state index in [-0.39, 0.29) is 18.7 Å². The minimum absolute atomic E-state index is 0.0117. The summed E-state index contributed by atoms with van der Waals surface area (Å²) in [5.41, 5.74) is 0.406. The lowest BCUT2D eigenvalue weighted by Crippen LogP contribution is -2.34. The van der Waals surface area contributed by atoms with Crippen molar-refractivity contribution in [3.63, 3.8) is 0 Å². The van der Waals surface area contributed by atoms with E-state index in [2.05, 4.69) is 20.8 Å². The Morgan fingerprint density at radius 2 is 2.00 bits per heavy atom. The van der Waals surface area contributed by atoms with Gasteiger partial charge in [0, 0.05) is 23.7 Å². The first-order valence-electron chi connectivity index (χ1n) is 9.40. The van der Waals surface area contributed by atoms with E-state index in [9.17, 15) is 9.18 Å². The van der Waals surface area contributed by atoms with Crippen molar-refractivity contribution in [2.45, 2.75) is 45.3 Å². The fraction of sp³-hybridized carbons (Fsp3) is 0.450. The van der Waals surface area contributed by atoms with E-state index < -0.39 is 11.7 Å². The molecule has 0 aliphatic heterocycles. The van der Waals surface area contributed by atoms with Crippen LogP contribution in [0.5, 0.6) is 5.75 Å². The largest absolute Gasteiger partial charge is 0.489 e. The molecule has 156 valence electrons. The molecule has 1 amide bonds. The molecule has 1 saturated carbocycles. The van der Waals surface area contributed by atoms with Crippen LogP contribution < -0.4 is 15.4 Å². The Hall–Kier alpha value is -3.10. The summed E-state index contributed by atoms with van der Waals surface area (Å²) in [5, 5.41) is 13.6. The third kappa shape index (κ3) is 6.78. The van der Waals surface area contributed by atoms with E-state index in [1.54, 1.807) is 45.0 Å². The number of rotatable bonds is 8. The minimum atomic E-state index is -0.616. The monoisotopic (exact) mass is 404 g/mol. The maximum Gasteiger partial charge on any atom is 0.407 e. The highest BCUT2D eigenvalue weighted by Gasteiger charge is 2.23. The maximum atomic E-state index is 13.1. The lowest BCUT2D eigenvalue weighted by molar-refractivity contribution is 0.0531. The highest BCUT2D eigenvalue weighted by molar-refractivity contribution is 5.68. The van der Waals surface area contributed by atoms with Crippen LogP contribution in [0.25, 0.3) is 11.5 Å². The quantitative estimate of drug-likeness (QED) is 0.684. The first-order chi connectivity index (χ1) is 13.8. The number of anilines is 1. The molecule has 1 heterocycles. The first kappa shape index (κ1) is 20.6. The number of aromatic nitrogens is 2. The molecule has 1 aromatic heterocycles. The van der Waals surface area contributed by atoms with Crippen molar-refractivity contribution in [3.05, 3.63) is 36.2 Å². The van der Waals surface area contributed by atoms with Gasteiger partial charge in [0.1, 0.15) is 18.0 Å². The topological polar surface area (TPSA) is 98.5 Å². The minimum Gasteiger partial charge on any atom is -0.489 e. The number of alkyl carbamates (subject to hydrolysis) is 1. The Balaban J connectivity index is 1.47. The number of halogens is 1. The molecule has 8 nitrogen and oxygen atoms in total. The van der Waals surface area contributed by atoms with Crippen LogP contribution in [0, 0.1) is 0 Å². The molecule has 9 heteroatoms. The molecule has 2 aromatic rings. The average molecular weight is 404 g/mol. The normalized spacial score (nSPS) is 14.4. The van der Waals surface area contributed by atoms with E-state index >= 15 is 0 Å². The van der Waals surface area contributed by atoms with Crippen LogP contribution in [0.4, 0.5) is 15.2 Å². The second-order valence-corrected chi connectivity index (χ2v) is 7.77. The standard InChI is InChI=1S/C20H25FN4O4/c1-20(2,3)29-19(26)22-11-13(10-21)12-27-16-8-4-14(5-9-16)17-24-25-18(28-17)23-15-6-7-15/h4-5,8-10,15H,6-7,11-12H2,1-3H3,(H,22,26)(H,23,25)/b13-10+. The molecule has 2 N–H and O–H groups in total. The van der Waals surface area contributed by atoms with Crippen molar-refractivity contribution in [2.75, 3.05) is 18.5 Å². The lowest BCUT2D eigenvalue weighted by atomic mass is 10.2. The Bertz CT molecular complexity index is 854. The van der Waals surface area contributed by atoms with Crippen LogP contribution in [0.15, 0.2) is 40.6 Å². The molecular weight excluding hydrogens is 379 g/mol. The number of benzene rings is 1. The zero-order valence-corrected chi connectivity index (χ0v) is 16.7. The van der Waals surface area contributed by atoms with Gasteiger partial charge in [-0.25, -0.2) is 9.18 Å². The summed E-state index contributed by atoms with van der Waals surface area (Å²) in [6.45, 7) is 5.24. The highest BCUT2D eigenvalue weighted by atomic mass is 19.1. The Morgan fingerprint density at radius 1 is 1.28 bits per heavy atom. The van der Waals surface area contributed by atoms with Gasteiger partial charge in [-0.15, -0.1) is 5.10 Å². The molecule has 0 saturated heterocycles. The summed E-state index contributed by atoms with van der Waals surface area (Å²) in [6.07, 6.45) is 2.04. The Labute approximate surface area is 168 Å². The summed E-state index contributed by atoms with van der Waals surface area (Å²) < 4.78 is 29.3. The predicted molar refractivity (Wildman–Crippen MR) is 105 cm³/mol. The zero-order chi connectivity index (χ0) is 20.9. The van der Waals surface area contributed by atoms with Gasteiger partial charge in [-0.2, -0.15) is 0 Å². The summed E-state index contributed by atoms with van der Waals surface area (Å²) in [5.74, 6) is 0.951. The SMILES string of the molecule is CC(C)(C)OC(=O)NC/C(=C\F)COc1ccc(-c2nnc(NC3CC3)o2)cc1. The van der Waals surface area contributed by atoms with E-state index in [0.29, 0.717) is 30.0 Å². The van der Waals surface area contributed by atoms with Gasteiger partial charge in [0.15, 0.2) is 0 Å². The number of hydrogen-bond acceptors (Lipinski definition) is 7. The third-order valence-electron chi connectivity index (χ3n) is 3.87. The molecule has 1 aliphatic carbocycles. The molecule has 0 atom stereocenters. The maximum absolute atomic E-state index is 13.1. The second kappa shape index (κ2) is 8.93. The Morgan fingerprint density at radius 3 is 2.62 bits per heavy atom. The fourth-order valence-corrected chi connectivity index (χ4v) is 2.29.